The Bertz CT molecular complexity index is 374. The summed E-state index contributed by atoms with van der Waals surface area (Å²) < 4.78 is 5.60. The molecule has 0 radical (unpaired) electrons. The number of carboxylic acid groups (broad SMARTS) is 1. The predicted molar refractivity (Wildman–Crippen MR) is 73.4 cm³/mol. The van der Waals surface area contributed by atoms with Gasteiger partial charge in [-0.05, 0) is 18.8 Å². The smallest absolute Gasteiger partial charge is 0.317 e. The van der Waals surface area contributed by atoms with E-state index >= 15 is 0 Å². The SMILES string of the molecule is CCC1OCCC1CNC(=O)N1C[C@@H](C)[C@H](C(=O)O)C1. The molecule has 6 nitrogen and oxygen atoms in total. The molecule has 2 aliphatic rings. The van der Waals surface area contributed by atoms with E-state index in [4.69, 9.17) is 9.84 Å². The van der Waals surface area contributed by atoms with Crippen molar-refractivity contribution in [3.63, 3.8) is 0 Å². The molecule has 0 aromatic rings. The predicted octanol–water partition coefficient (Wildman–Crippen LogP) is 1.16. The number of nitrogens with one attached hydrogen (secondary N) is 1. The van der Waals surface area contributed by atoms with Gasteiger partial charge in [-0.15, -0.1) is 0 Å². The second kappa shape index (κ2) is 6.43. The lowest BCUT2D eigenvalue weighted by molar-refractivity contribution is -0.142. The van der Waals surface area contributed by atoms with E-state index in [1.165, 1.54) is 0 Å². The van der Waals surface area contributed by atoms with Gasteiger partial charge >= 0.3 is 12.0 Å². The van der Waals surface area contributed by atoms with Gasteiger partial charge in [-0.3, -0.25) is 4.79 Å². The van der Waals surface area contributed by atoms with Crippen molar-refractivity contribution in [2.24, 2.45) is 17.8 Å². The van der Waals surface area contributed by atoms with Crippen LogP contribution in [0.25, 0.3) is 0 Å². The molecular formula is C14H24N2O4. The number of rotatable bonds is 4. The Hall–Kier alpha value is -1.30. The highest BCUT2D eigenvalue weighted by Gasteiger charge is 2.37. The first kappa shape index (κ1) is 15.1. The summed E-state index contributed by atoms with van der Waals surface area (Å²) in [5.41, 5.74) is 0. The van der Waals surface area contributed by atoms with Crippen molar-refractivity contribution in [2.45, 2.75) is 32.8 Å². The molecule has 2 aliphatic heterocycles. The molecule has 0 spiro atoms. The fourth-order valence-corrected chi connectivity index (χ4v) is 3.16. The van der Waals surface area contributed by atoms with Crippen LogP contribution in [0.1, 0.15) is 26.7 Å². The summed E-state index contributed by atoms with van der Waals surface area (Å²) in [5.74, 6) is -0.877. The molecule has 0 bridgehead atoms. The van der Waals surface area contributed by atoms with Gasteiger partial charge in [0.1, 0.15) is 0 Å². The molecule has 4 atom stereocenters. The molecule has 2 amide bonds. The van der Waals surface area contributed by atoms with Gasteiger partial charge in [-0.2, -0.15) is 0 Å². The Morgan fingerprint density at radius 3 is 2.75 bits per heavy atom. The summed E-state index contributed by atoms with van der Waals surface area (Å²) in [7, 11) is 0. The Kier molecular flexibility index (Phi) is 4.86. The van der Waals surface area contributed by atoms with Gasteiger partial charge in [-0.25, -0.2) is 4.79 Å². The van der Waals surface area contributed by atoms with E-state index in [2.05, 4.69) is 12.2 Å². The van der Waals surface area contributed by atoms with Crippen LogP contribution in [0, 0.1) is 17.8 Å². The summed E-state index contributed by atoms with van der Waals surface area (Å²) >= 11 is 0. The van der Waals surface area contributed by atoms with Crippen LogP contribution in [0.3, 0.4) is 0 Å². The average molecular weight is 284 g/mol. The van der Waals surface area contributed by atoms with Crippen LogP contribution in [0.15, 0.2) is 0 Å². The molecule has 20 heavy (non-hydrogen) atoms. The fourth-order valence-electron chi connectivity index (χ4n) is 3.16. The number of nitrogens with zero attached hydrogens (tertiary/aromatic N) is 1. The molecule has 0 aromatic carbocycles. The maximum atomic E-state index is 12.1. The first-order chi connectivity index (χ1) is 9.52. The highest BCUT2D eigenvalue weighted by Crippen LogP contribution is 2.24. The molecule has 2 unspecified atom stereocenters. The molecular weight excluding hydrogens is 260 g/mol. The van der Waals surface area contributed by atoms with Gasteiger partial charge < -0.3 is 20.1 Å². The van der Waals surface area contributed by atoms with Crippen molar-refractivity contribution in [1.29, 1.82) is 0 Å². The number of carbonyl (C=O) groups is 2. The van der Waals surface area contributed by atoms with Crippen molar-refractivity contribution in [2.75, 3.05) is 26.2 Å². The van der Waals surface area contributed by atoms with Gasteiger partial charge in [0.25, 0.3) is 0 Å². The number of likely N-dealkylation sites (tertiary alicyclic amines) is 1. The van der Waals surface area contributed by atoms with Crippen molar-refractivity contribution in [1.82, 2.24) is 10.2 Å². The van der Waals surface area contributed by atoms with E-state index in [1.807, 2.05) is 6.92 Å². The van der Waals surface area contributed by atoms with Gasteiger partial charge in [0.15, 0.2) is 0 Å². The quantitative estimate of drug-likeness (QED) is 0.812. The number of carbonyl (C=O) groups excluding carboxylic acids is 1. The Morgan fingerprint density at radius 2 is 2.15 bits per heavy atom. The summed E-state index contributed by atoms with van der Waals surface area (Å²) in [6.07, 6.45) is 2.18. The number of urea groups is 1. The highest BCUT2D eigenvalue weighted by molar-refractivity contribution is 5.77. The number of carboxylic acids is 1. The van der Waals surface area contributed by atoms with Crippen molar-refractivity contribution < 1.29 is 19.4 Å². The Morgan fingerprint density at radius 1 is 1.40 bits per heavy atom. The van der Waals surface area contributed by atoms with Gasteiger partial charge in [0.2, 0.25) is 0 Å². The molecule has 2 saturated heterocycles. The van der Waals surface area contributed by atoms with Crippen LogP contribution >= 0.6 is 0 Å². The normalized spacial score (nSPS) is 33.4. The fraction of sp³-hybridized carbons (Fsp3) is 0.857. The van der Waals surface area contributed by atoms with E-state index < -0.39 is 11.9 Å². The zero-order chi connectivity index (χ0) is 14.7. The van der Waals surface area contributed by atoms with E-state index in [-0.39, 0.29) is 18.1 Å². The van der Waals surface area contributed by atoms with Gasteiger partial charge in [0, 0.05) is 32.2 Å². The molecule has 2 heterocycles. The minimum atomic E-state index is -0.817. The largest absolute Gasteiger partial charge is 0.481 e. The van der Waals surface area contributed by atoms with Crippen LogP contribution in [-0.4, -0.2) is 54.4 Å². The van der Waals surface area contributed by atoms with Crippen LogP contribution in [-0.2, 0) is 9.53 Å². The van der Waals surface area contributed by atoms with E-state index in [9.17, 15) is 9.59 Å². The third kappa shape index (κ3) is 3.23. The van der Waals surface area contributed by atoms with E-state index in [0.29, 0.717) is 25.6 Å². The summed E-state index contributed by atoms with van der Waals surface area (Å²) in [4.78, 5) is 24.8. The van der Waals surface area contributed by atoms with E-state index in [0.717, 1.165) is 19.4 Å². The minimum Gasteiger partial charge on any atom is -0.481 e. The molecule has 0 saturated carbocycles. The molecule has 2 N–H and O–H groups in total. The molecule has 0 aliphatic carbocycles. The van der Waals surface area contributed by atoms with Crippen molar-refractivity contribution >= 4 is 12.0 Å². The van der Waals surface area contributed by atoms with Crippen LogP contribution < -0.4 is 5.32 Å². The summed E-state index contributed by atoms with van der Waals surface area (Å²) in [5, 5.41) is 12.0. The first-order valence-electron chi connectivity index (χ1n) is 7.40. The lowest BCUT2D eigenvalue weighted by atomic mass is 9.99. The number of aliphatic carboxylic acids is 1. The number of hydrogen-bond donors (Lipinski definition) is 2. The number of amides is 2. The lowest BCUT2D eigenvalue weighted by Gasteiger charge is -2.21. The maximum Gasteiger partial charge on any atom is 0.317 e. The third-order valence-electron chi connectivity index (χ3n) is 4.48. The van der Waals surface area contributed by atoms with Crippen LogP contribution in [0.4, 0.5) is 4.79 Å². The topological polar surface area (TPSA) is 78.9 Å². The molecule has 2 rings (SSSR count). The number of hydrogen-bond acceptors (Lipinski definition) is 3. The van der Waals surface area contributed by atoms with Crippen molar-refractivity contribution in [3.05, 3.63) is 0 Å². The Labute approximate surface area is 119 Å². The zero-order valence-corrected chi connectivity index (χ0v) is 12.2. The summed E-state index contributed by atoms with van der Waals surface area (Å²) in [6, 6.07) is -0.151. The Balaban J connectivity index is 1.80. The molecule has 6 heteroatoms. The first-order valence-corrected chi connectivity index (χ1v) is 7.40. The maximum absolute atomic E-state index is 12.1. The summed E-state index contributed by atoms with van der Waals surface area (Å²) in [6.45, 7) is 6.16. The molecule has 114 valence electrons. The van der Waals surface area contributed by atoms with Gasteiger partial charge in [-0.1, -0.05) is 13.8 Å². The minimum absolute atomic E-state index is 0.0106. The molecule has 2 fully saturated rings. The average Bonchev–Trinajstić information content (AvgIpc) is 3.01. The second-order valence-electron chi connectivity index (χ2n) is 5.88. The second-order valence-corrected chi connectivity index (χ2v) is 5.88. The van der Waals surface area contributed by atoms with Crippen LogP contribution in [0.5, 0.6) is 0 Å². The number of ether oxygens (including phenoxy) is 1. The van der Waals surface area contributed by atoms with Crippen molar-refractivity contribution in [3.8, 4) is 0 Å². The lowest BCUT2D eigenvalue weighted by Crippen LogP contribution is -2.42. The van der Waals surface area contributed by atoms with Gasteiger partial charge in [0.05, 0.1) is 12.0 Å². The standard InChI is InChI=1S/C14H24N2O4/c1-3-12-10(4-5-20-12)6-15-14(19)16-7-9(2)11(8-16)13(17)18/h9-12H,3-8H2,1-2H3,(H,15,19)(H,17,18)/t9-,10?,11-,12?/m1/s1. The van der Waals surface area contributed by atoms with Crippen LogP contribution in [0.2, 0.25) is 0 Å². The monoisotopic (exact) mass is 284 g/mol. The molecule has 0 aromatic heterocycles. The highest BCUT2D eigenvalue weighted by atomic mass is 16.5. The third-order valence-corrected chi connectivity index (χ3v) is 4.48. The zero-order valence-electron chi connectivity index (χ0n) is 12.2. The van der Waals surface area contributed by atoms with E-state index in [1.54, 1.807) is 4.90 Å².